The lowest BCUT2D eigenvalue weighted by atomic mass is 9.99. The molecule has 0 aromatic heterocycles. The summed E-state index contributed by atoms with van der Waals surface area (Å²) >= 11 is 0. The zero-order valence-corrected chi connectivity index (χ0v) is 9.24. The lowest BCUT2D eigenvalue weighted by Gasteiger charge is -2.24. The van der Waals surface area contributed by atoms with Crippen LogP contribution in [0.1, 0.15) is 30.0 Å². The molecule has 2 N–H and O–H groups in total. The second kappa shape index (κ2) is 4.12. The van der Waals surface area contributed by atoms with Crippen LogP contribution in [0.15, 0.2) is 18.2 Å². The summed E-state index contributed by atoms with van der Waals surface area (Å²) in [5.41, 5.74) is 7.19. The first-order valence-corrected chi connectivity index (χ1v) is 5.41. The minimum atomic E-state index is -0.397. The van der Waals surface area contributed by atoms with Gasteiger partial charge < -0.3 is 10.6 Å². The Kier molecular flexibility index (Phi) is 2.81. The standard InChI is InChI=1S/C12H15FN2O/c1-8-7-9(13)4-5-10(8)11-3-2-6-15(11)12(14)16/h4-5,7,11H,2-3,6H2,1H3,(H2,14,16). The van der Waals surface area contributed by atoms with Gasteiger partial charge in [0.15, 0.2) is 0 Å². The molecule has 2 amide bonds. The Labute approximate surface area is 94.0 Å². The molecule has 2 rings (SSSR count). The number of carbonyl (C=O) groups excluding carboxylic acids is 1. The molecule has 3 nitrogen and oxygen atoms in total. The van der Waals surface area contributed by atoms with Gasteiger partial charge in [-0.2, -0.15) is 0 Å². The molecular formula is C12H15FN2O. The molecule has 1 aromatic rings. The van der Waals surface area contributed by atoms with Gasteiger partial charge in [0.05, 0.1) is 6.04 Å². The van der Waals surface area contributed by atoms with Gasteiger partial charge in [-0.25, -0.2) is 9.18 Å². The largest absolute Gasteiger partial charge is 0.351 e. The van der Waals surface area contributed by atoms with E-state index in [2.05, 4.69) is 0 Å². The van der Waals surface area contributed by atoms with E-state index in [0.717, 1.165) is 24.0 Å². The van der Waals surface area contributed by atoms with Crippen molar-refractivity contribution in [3.05, 3.63) is 35.1 Å². The number of urea groups is 1. The molecule has 1 aromatic carbocycles. The van der Waals surface area contributed by atoms with Crippen molar-refractivity contribution in [2.75, 3.05) is 6.54 Å². The Bertz CT molecular complexity index is 419. The molecule has 0 bridgehead atoms. The van der Waals surface area contributed by atoms with Crippen molar-refractivity contribution in [3.8, 4) is 0 Å². The van der Waals surface area contributed by atoms with Gasteiger partial charge in [-0.3, -0.25) is 0 Å². The maximum absolute atomic E-state index is 13.0. The summed E-state index contributed by atoms with van der Waals surface area (Å²) < 4.78 is 13.0. The van der Waals surface area contributed by atoms with Gasteiger partial charge in [-0.1, -0.05) is 6.07 Å². The highest BCUT2D eigenvalue weighted by Gasteiger charge is 2.29. The van der Waals surface area contributed by atoms with Crippen LogP contribution in [0.2, 0.25) is 0 Å². The fourth-order valence-corrected chi connectivity index (χ4v) is 2.37. The Hall–Kier alpha value is -1.58. The third-order valence-corrected chi connectivity index (χ3v) is 3.13. The number of primary amides is 1. The van der Waals surface area contributed by atoms with Crippen LogP contribution in [0.25, 0.3) is 0 Å². The summed E-state index contributed by atoms with van der Waals surface area (Å²) in [5.74, 6) is -0.245. The smallest absolute Gasteiger partial charge is 0.315 e. The normalized spacial score (nSPS) is 20.1. The molecule has 0 radical (unpaired) electrons. The number of amides is 2. The van der Waals surface area contributed by atoms with Gasteiger partial charge >= 0.3 is 6.03 Å². The van der Waals surface area contributed by atoms with Gasteiger partial charge in [0.25, 0.3) is 0 Å². The minimum absolute atomic E-state index is 0.0121. The Morgan fingerprint density at radius 3 is 2.94 bits per heavy atom. The number of aryl methyl sites for hydroxylation is 1. The second-order valence-electron chi connectivity index (χ2n) is 4.19. The van der Waals surface area contributed by atoms with Crippen LogP contribution in [0, 0.1) is 12.7 Å². The van der Waals surface area contributed by atoms with Crippen LogP contribution in [0.4, 0.5) is 9.18 Å². The molecule has 0 spiro atoms. The number of nitrogens with zero attached hydrogens (tertiary/aromatic N) is 1. The summed E-state index contributed by atoms with van der Waals surface area (Å²) in [6, 6.07) is 4.29. The van der Waals surface area contributed by atoms with Crippen molar-refractivity contribution in [2.45, 2.75) is 25.8 Å². The van der Waals surface area contributed by atoms with E-state index in [0.29, 0.717) is 6.54 Å². The molecule has 86 valence electrons. The van der Waals surface area contributed by atoms with Crippen LogP contribution in [0.5, 0.6) is 0 Å². The van der Waals surface area contributed by atoms with Crippen LogP contribution in [-0.4, -0.2) is 17.5 Å². The molecule has 16 heavy (non-hydrogen) atoms. The Morgan fingerprint density at radius 2 is 2.31 bits per heavy atom. The predicted octanol–water partition coefficient (Wildman–Crippen LogP) is 2.35. The van der Waals surface area contributed by atoms with Crippen LogP contribution < -0.4 is 5.73 Å². The van der Waals surface area contributed by atoms with Crippen LogP contribution in [0.3, 0.4) is 0 Å². The summed E-state index contributed by atoms with van der Waals surface area (Å²) in [5, 5.41) is 0. The van der Waals surface area contributed by atoms with Crippen LogP contribution in [-0.2, 0) is 0 Å². The molecule has 1 unspecified atom stereocenters. The molecule has 1 heterocycles. The van der Waals surface area contributed by atoms with Gasteiger partial charge in [0.2, 0.25) is 0 Å². The second-order valence-corrected chi connectivity index (χ2v) is 4.19. The van der Waals surface area contributed by atoms with Crippen molar-refractivity contribution >= 4 is 6.03 Å². The molecule has 1 aliphatic rings. The molecule has 1 aliphatic heterocycles. The monoisotopic (exact) mass is 222 g/mol. The third kappa shape index (κ3) is 1.87. The summed E-state index contributed by atoms with van der Waals surface area (Å²) in [7, 11) is 0. The molecule has 4 heteroatoms. The molecule has 0 saturated carbocycles. The lowest BCUT2D eigenvalue weighted by Crippen LogP contribution is -2.35. The number of carbonyl (C=O) groups is 1. The van der Waals surface area contributed by atoms with E-state index in [4.69, 9.17) is 5.73 Å². The number of rotatable bonds is 1. The fourth-order valence-electron chi connectivity index (χ4n) is 2.37. The average molecular weight is 222 g/mol. The minimum Gasteiger partial charge on any atom is -0.351 e. The Balaban J connectivity index is 2.32. The van der Waals surface area contributed by atoms with E-state index >= 15 is 0 Å². The quantitative estimate of drug-likeness (QED) is 0.779. The first kappa shape index (κ1) is 10.9. The molecule has 1 saturated heterocycles. The first-order chi connectivity index (χ1) is 7.59. The predicted molar refractivity (Wildman–Crippen MR) is 59.4 cm³/mol. The van der Waals surface area contributed by atoms with Crippen molar-refractivity contribution in [1.29, 1.82) is 0 Å². The van der Waals surface area contributed by atoms with Crippen molar-refractivity contribution in [1.82, 2.24) is 4.90 Å². The van der Waals surface area contributed by atoms with Crippen molar-refractivity contribution in [3.63, 3.8) is 0 Å². The van der Waals surface area contributed by atoms with Crippen molar-refractivity contribution < 1.29 is 9.18 Å². The number of hydrogen-bond donors (Lipinski definition) is 1. The van der Waals surface area contributed by atoms with E-state index in [1.165, 1.54) is 12.1 Å². The van der Waals surface area contributed by atoms with E-state index in [-0.39, 0.29) is 11.9 Å². The molecular weight excluding hydrogens is 207 g/mol. The van der Waals surface area contributed by atoms with Gasteiger partial charge in [-0.05, 0) is 43.0 Å². The zero-order chi connectivity index (χ0) is 11.7. The number of nitrogens with two attached hydrogens (primary N) is 1. The number of benzene rings is 1. The van der Waals surface area contributed by atoms with Gasteiger partial charge in [-0.15, -0.1) is 0 Å². The highest BCUT2D eigenvalue weighted by molar-refractivity contribution is 5.73. The first-order valence-electron chi connectivity index (χ1n) is 5.41. The number of likely N-dealkylation sites (tertiary alicyclic amines) is 1. The summed E-state index contributed by atoms with van der Waals surface area (Å²) in [6.45, 7) is 2.55. The summed E-state index contributed by atoms with van der Waals surface area (Å²) in [4.78, 5) is 12.9. The van der Waals surface area contributed by atoms with E-state index < -0.39 is 6.03 Å². The lowest BCUT2D eigenvalue weighted by molar-refractivity contribution is 0.203. The van der Waals surface area contributed by atoms with Crippen LogP contribution >= 0.6 is 0 Å². The topological polar surface area (TPSA) is 46.3 Å². The zero-order valence-electron chi connectivity index (χ0n) is 9.24. The van der Waals surface area contributed by atoms with Gasteiger partial charge in [0.1, 0.15) is 5.82 Å². The van der Waals surface area contributed by atoms with Crippen molar-refractivity contribution in [2.24, 2.45) is 5.73 Å². The average Bonchev–Trinajstić information content (AvgIpc) is 2.66. The van der Waals surface area contributed by atoms with E-state index in [1.807, 2.05) is 6.92 Å². The molecule has 1 fully saturated rings. The number of halogens is 1. The van der Waals surface area contributed by atoms with E-state index in [9.17, 15) is 9.18 Å². The SMILES string of the molecule is Cc1cc(F)ccc1C1CCCN1C(N)=O. The van der Waals surface area contributed by atoms with E-state index in [1.54, 1.807) is 11.0 Å². The molecule has 1 atom stereocenters. The Morgan fingerprint density at radius 1 is 1.56 bits per heavy atom. The highest BCUT2D eigenvalue weighted by Crippen LogP contribution is 2.33. The highest BCUT2D eigenvalue weighted by atomic mass is 19.1. The summed E-state index contributed by atoms with van der Waals surface area (Å²) in [6.07, 6.45) is 1.85. The fraction of sp³-hybridized carbons (Fsp3) is 0.417. The third-order valence-electron chi connectivity index (χ3n) is 3.13. The van der Waals surface area contributed by atoms with Gasteiger partial charge in [0, 0.05) is 6.54 Å². The maximum Gasteiger partial charge on any atom is 0.315 e. The molecule has 0 aliphatic carbocycles. The number of hydrogen-bond acceptors (Lipinski definition) is 1. The maximum atomic E-state index is 13.0.